The van der Waals surface area contributed by atoms with Crippen molar-refractivity contribution in [1.82, 2.24) is 4.90 Å². The molecule has 2 aliphatic rings. The summed E-state index contributed by atoms with van der Waals surface area (Å²) in [5, 5.41) is 5.62. The number of hydrogen-bond donors (Lipinski definition) is 0. The van der Waals surface area contributed by atoms with E-state index in [9.17, 15) is 13.2 Å². The molecule has 7 nitrogen and oxygen atoms in total. The summed E-state index contributed by atoms with van der Waals surface area (Å²) in [7, 11) is -2.41. The monoisotopic (exact) mass is 441 g/mol. The summed E-state index contributed by atoms with van der Waals surface area (Å²) in [5.74, 6) is 0.195. The van der Waals surface area contributed by atoms with Gasteiger partial charge in [0, 0.05) is 13.1 Å². The van der Waals surface area contributed by atoms with Crippen LogP contribution in [0.25, 0.3) is 0 Å². The Kier molecular flexibility index (Phi) is 6.00. The number of methoxy groups -OCH3 is 1. The topological polar surface area (TPSA) is 79.3 Å². The molecule has 0 aromatic heterocycles. The summed E-state index contributed by atoms with van der Waals surface area (Å²) in [6.07, 6.45) is 3.85. The Bertz CT molecular complexity index is 1120. The lowest BCUT2D eigenvalue weighted by molar-refractivity contribution is -0.123. The minimum atomic E-state index is -4.01. The lowest BCUT2D eigenvalue weighted by Crippen LogP contribution is -2.43. The number of sulfone groups is 1. The van der Waals surface area contributed by atoms with Crippen LogP contribution >= 0.6 is 0 Å². The second-order valence-corrected chi connectivity index (χ2v) is 9.83. The van der Waals surface area contributed by atoms with Gasteiger partial charge in [-0.3, -0.25) is 9.80 Å². The zero-order chi connectivity index (χ0) is 22.0. The first-order valence-electron chi connectivity index (χ1n) is 10.5. The largest absolute Gasteiger partial charge is 0.497 e. The third-order valence-corrected chi connectivity index (χ3v) is 7.38. The molecule has 0 N–H and O–H groups in total. The highest BCUT2D eigenvalue weighted by molar-refractivity contribution is 8.08. The van der Waals surface area contributed by atoms with Crippen LogP contribution in [0.3, 0.4) is 0 Å². The molecule has 8 heteroatoms. The van der Waals surface area contributed by atoms with E-state index in [4.69, 9.17) is 4.74 Å². The third kappa shape index (κ3) is 4.30. The van der Waals surface area contributed by atoms with Gasteiger partial charge in [0.05, 0.1) is 24.2 Å². The van der Waals surface area contributed by atoms with Gasteiger partial charge >= 0.3 is 0 Å². The lowest BCUT2D eigenvalue weighted by Gasteiger charge is -2.29. The highest BCUT2D eigenvalue weighted by atomic mass is 32.2. The Labute approximate surface area is 183 Å². The quantitative estimate of drug-likeness (QED) is 0.725. The van der Waals surface area contributed by atoms with Crippen LogP contribution in [-0.2, 0) is 21.2 Å². The van der Waals surface area contributed by atoms with E-state index in [2.05, 4.69) is 5.10 Å². The van der Waals surface area contributed by atoms with Gasteiger partial charge in [0.25, 0.3) is 5.91 Å². The van der Waals surface area contributed by atoms with Crippen LogP contribution in [0.5, 0.6) is 5.75 Å². The fourth-order valence-corrected chi connectivity index (χ4v) is 5.47. The highest BCUT2D eigenvalue weighted by Gasteiger charge is 2.39. The number of likely N-dealkylation sites (tertiary alicyclic amines) is 1. The molecule has 0 aliphatic carbocycles. The minimum absolute atomic E-state index is 0.120. The van der Waals surface area contributed by atoms with Crippen molar-refractivity contribution in [3.05, 3.63) is 53.6 Å². The zero-order valence-corrected chi connectivity index (χ0v) is 18.7. The Morgan fingerprint density at radius 1 is 1.06 bits per heavy atom. The van der Waals surface area contributed by atoms with E-state index >= 15 is 0 Å². The summed E-state index contributed by atoms with van der Waals surface area (Å²) in [6, 6.07) is 12.6. The maximum absolute atomic E-state index is 13.4. The van der Waals surface area contributed by atoms with Crippen molar-refractivity contribution in [1.29, 1.82) is 0 Å². The van der Waals surface area contributed by atoms with Crippen LogP contribution < -0.4 is 9.75 Å². The molecular weight excluding hydrogens is 414 g/mol. The summed E-state index contributed by atoms with van der Waals surface area (Å²) in [4.78, 5) is 15.0. The van der Waals surface area contributed by atoms with Crippen LogP contribution in [0.15, 0.2) is 52.5 Å². The molecule has 0 radical (unpaired) electrons. The van der Waals surface area contributed by atoms with Gasteiger partial charge in [0.2, 0.25) is 14.9 Å². The van der Waals surface area contributed by atoms with E-state index in [1.807, 2.05) is 31.2 Å². The van der Waals surface area contributed by atoms with E-state index in [0.29, 0.717) is 31.1 Å². The SMILES string of the molecule is COc1cccc(CN2N=C(C(=O)N3CCCCCC3)S(=O)(=O)c3ccc(C)cc32)c1. The van der Waals surface area contributed by atoms with E-state index in [1.165, 1.54) is 0 Å². The molecule has 2 aromatic carbocycles. The first kappa shape index (κ1) is 21.4. The van der Waals surface area contributed by atoms with Crippen molar-refractivity contribution < 1.29 is 17.9 Å². The van der Waals surface area contributed by atoms with Gasteiger partial charge < -0.3 is 9.64 Å². The predicted octanol–water partition coefficient (Wildman–Crippen LogP) is 3.51. The van der Waals surface area contributed by atoms with Gasteiger partial charge in [-0.05, 0) is 55.2 Å². The number of aryl methyl sites for hydroxylation is 1. The number of fused-ring (bicyclic) bond motifs is 1. The lowest BCUT2D eigenvalue weighted by atomic mass is 10.2. The van der Waals surface area contributed by atoms with Crippen LogP contribution in [0.1, 0.15) is 36.8 Å². The van der Waals surface area contributed by atoms with Crippen LogP contribution in [-0.4, -0.2) is 44.5 Å². The average Bonchev–Trinajstić information content (AvgIpc) is 3.05. The van der Waals surface area contributed by atoms with Gasteiger partial charge in [-0.1, -0.05) is 31.0 Å². The van der Waals surface area contributed by atoms with E-state index < -0.39 is 20.8 Å². The predicted molar refractivity (Wildman–Crippen MR) is 120 cm³/mol. The minimum Gasteiger partial charge on any atom is -0.497 e. The van der Waals surface area contributed by atoms with Crippen LogP contribution in [0, 0.1) is 6.92 Å². The summed E-state index contributed by atoms with van der Waals surface area (Å²) < 4.78 is 32.0. The first-order chi connectivity index (χ1) is 14.9. The molecule has 0 spiro atoms. The van der Waals surface area contributed by atoms with Crippen molar-refractivity contribution in [2.45, 2.75) is 44.0 Å². The molecule has 1 amide bonds. The second-order valence-electron chi connectivity index (χ2n) is 8.00. The molecule has 0 atom stereocenters. The molecule has 1 saturated heterocycles. The third-order valence-electron chi connectivity index (χ3n) is 5.69. The van der Waals surface area contributed by atoms with E-state index in [-0.39, 0.29) is 4.90 Å². The number of anilines is 1. The van der Waals surface area contributed by atoms with E-state index in [1.54, 1.807) is 35.2 Å². The van der Waals surface area contributed by atoms with Gasteiger partial charge in [-0.15, -0.1) is 0 Å². The van der Waals surface area contributed by atoms with E-state index in [0.717, 1.165) is 36.8 Å². The van der Waals surface area contributed by atoms with Gasteiger partial charge in [0.15, 0.2) is 0 Å². The number of carbonyl (C=O) groups excluding carboxylic acids is 1. The summed E-state index contributed by atoms with van der Waals surface area (Å²) in [6.45, 7) is 3.34. The maximum atomic E-state index is 13.4. The Morgan fingerprint density at radius 2 is 1.81 bits per heavy atom. The van der Waals surface area contributed by atoms with Gasteiger partial charge in [-0.2, -0.15) is 5.10 Å². The highest BCUT2D eigenvalue weighted by Crippen LogP contribution is 2.34. The number of carbonyl (C=O) groups is 1. The molecule has 0 saturated carbocycles. The average molecular weight is 442 g/mol. The molecule has 164 valence electrons. The Hall–Kier alpha value is -2.87. The Balaban J connectivity index is 1.76. The molecule has 2 aromatic rings. The van der Waals surface area contributed by atoms with Crippen molar-refractivity contribution in [3.8, 4) is 5.75 Å². The number of rotatable bonds is 4. The van der Waals surface area contributed by atoms with Crippen LogP contribution in [0.2, 0.25) is 0 Å². The van der Waals surface area contributed by atoms with Gasteiger partial charge in [-0.25, -0.2) is 8.42 Å². The number of amides is 1. The molecule has 2 aliphatic heterocycles. The number of ether oxygens (including phenoxy) is 1. The summed E-state index contributed by atoms with van der Waals surface area (Å²) >= 11 is 0. The fourth-order valence-electron chi connectivity index (χ4n) is 4.01. The molecule has 2 heterocycles. The maximum Gasteiger partial charge on any atom is 0.286 e. The van der Waals surface area contributed by atoms with Crippen molar-refractivity contribution in [2.24, 2.45) is 5.10 Å². The van der Waals surface area contributed by atoms with Crippen molar-refractivity contribution in [3.63, 3.8) is 0 Å². The molecular formula is C23H27N3O4S. The number of nitrogens with zero attached hydrogens (tertiary/aromatic N) is 3. The van der Waals surface area contributed by atoms with Crippen molar-refractivity contribution in [2.75, 3.05) is 25.2 Å². The molecule has 1 fully saturated rings. The smallest absolute Gasteiger partial charge is 0.286 e. The zero-order valence-electron chi connectivity index (χ0n) is 17.9. The molecule has 31 heavy (non-hydrogen) atoms. The number of hydrogen-bond acceptors (Lipinski definition) is 6. The fraction of sp³-hybridized carbons (Fsp3) is 0.391. The van der Waals surface area contributed by atoms with Crippen LogP contribution in [0.4, 0.5) is 5.69 Å². The molecule has 0 unspecified atom stereocenters. The standard InChI is InChI=1S/C23H27N3O4S/c1-17-10-11-21-20(14-17)26(16-18-8-7-9-19(15-18)30-2)24-22(31(21,28)29)23(27)25-12-5-3-4-6-13-25/h7-11,14-15H,3-6,12-13,16H2,1-2H3. The second kappa shape index (κ2) is 8.70. The summed E-state index contributed by atoms with van der Waals surface area (Å²) in [5.41, 5.74) is 2.30. The first-order valence-corrected chi connectivity index (χ1v) is 12.0. The normalized spacial score (nSPS) is 18.1. The number of hydrazone groups is 1. The Morgan fingerprint density at radius 3 is 2.52 bits per heavy atom. The molecule has 4 rings (SSSR count). The van der Waals surface area contributed by atoms with Gasteiger partial charge in [0.1, 0.15) is 5.75 Å². The molecule has 0 bridgehead atoms. The van der Waals surface area contributed by atoms with Crippen molar-refractivity contribution >= 4 is 26.5 Å². The number of benzene rings is 2.